The molecule has 1 atom stereocenters. The van der Waals surface area contributed by atoms with Gasteiger partial charge in [-0.2, -0.15) is 0 Å². The van der Waals surface area contributed by atoms with E-state index in [4.69, 9.17) is 9.47 Å². The second-order valence-corrected chi connectivity index (χ2v) is 2.69. The van der Waals surface area contributed by atoms with E-state index < -0.39 is 0 Å². The predicted octanol–water partition coefficient (Wildman–Crippen LogP) is 0.916. The van der Waals surface area contributed by atoms with Crippen molar-refractivity contribution in [3.8, 4) is 0 Å². The normalized spacial score (nSPS) is 25.7. The Hall–Kier alpha value is -1.22. The Morgan fingerprint density at radius 1 is 1.58 bits per heavy atom. The van der Waals surface area contributed by atoms with E-state index >= 15 is 0 Å². The van der Waals surface area contributed by atoms with Crippen LogP contribution in [-0.2, 0) is 9.47 Å². The molecule has 2 aliphatic heterocycles. The molecule has 0 spiro atoms. The lowest BCUT2D eigenvalue weighted by Crippen LogP contribution is -1.99. The van der Waals surface area contributed by atoms with Gasteiger partial charge < -0.3 is 14.8 Å². The van der Waals surface area contributed by atoms with Gasteiger partial charge in [0.2, 0.25) is 0 Å². The van der Waals surface area contributed by atoms with Crippen LogP contribution in [0.25, 0.3) is 0 Å². The number of nitrogens with one attached hydrogen (secondary N) is 1. The van der Waals surface area contributed by atoms with Gasteiger partial charge in [-0.3, -0.25) is 0 Å². The Morgan fingerprint density at radius 2 is 2.50 bits per heavy atom. The standard InChI is InChI=1S/C9H11NO2/c1-2-8(3-5-10-4-1)11-6-9-7-12-9/h1-5,9-10H,6-7H2. The van der Waals surface area contributed by atoms with Crippen molar-refractivity contribution >= 4 is 0 Å². The van der Waals surface area contributed by atoms with Gasteiger partial charge in [-0.05, 0) is 18.2 Å². The summed E-state index contributed by atoms with van der Waals surface area (Å²) in [7, 11) is 0. The molecule has 0 amide bonds. The molecule has 1 unspecified atom stereocenters. The molecule has 1 saturated heterocycles. The van der Waals surface area contributed by atoms with Crippen molar-refractivity contribution in [2.45, 2.75) is 6.10 Å². The Labute approximate surface area is 71.4 Å². The van der Waals surface area contributed by atoms with Crippen LogP contribution in [0.5, 0.6) is 0 Å². The fourth-order valence-electron chi connectivity index (χ4n) is 0.890. The van der Waals surface area contributed by atoms with E-state index in [0.717, 1.165) is 12.4 Å². The minimum atomic E-state index is 0.319. The van der Waals surface area contributed by atoms with Crippen molar-refractivity contribution in [2.24, 2.45) is 0 Å². The van der Waals surface area contributed by atoms with Crippen LogP contribution in [0.15, 0.2) is 36.4 Å². The van der Waals surface area contributed by atoms with E-state index in [2.05, 4.69) is 5.32 Å². The van der Waals surface area contributed by atoms with Crippen molar-refractivity contribution in [3.63, 3.8) is 0 Å². The number of hydrogen-bond acceptors (Lipinski definition) is 3. The maximum absolute atomic E-state index is 5.44. The Bertz CT molecular complexity index is 239. The highest BCUT2D eigenvalue weighted by Gasteiger charge is 2.23. The van der Waals surface area contributed by atoms with Gasteiger partial charge in [0, 0.05) is 12.4 Å². The topological polar surface area (TPSA) is 33.8 Å². The lowest BCUT2D eigenvalue weighted by molar-refractivity contribution is 0.193. The van der Waals surface area contributed by atoms with Gasteiger partial charge in [0.1, 0.15) is 18.5 Å². The fraction of sp³-hybridized carbons (Fsp3) is 0.333. The first-order chi connectivity index (χ1) is 5.95. The summed E-state index contributed by atoms with van der Waals surface area (Å²) in [6.07, 6.45) is 9.72. The van der Waals surface area contributed by atoms with Crippen molar-refractivity contribution in [1.82, 2.24) is 5.32 Å². The molecule has 0 radical (unpaired) electrons. The third-order valence-electron chi connectivity index (χ3n) is 1.64. The molecule has 1 N–H and O–H groups in total. The summed E-state index contributed by atoms with van der Waals surface area (Å²) in [4.78, 5) is 0. The highest BCUT2D eigenvalue weighted by atomic mass is 16.6. The molecule has 2 aliphatic rings. The van der Waals surface area contributed by atoms with Crippen LogP contribution in [0, 0.1) is 0 Å². The van der Waals surface area contributed by atoms with E-state index in [1.54, 1.807) is 0 Å². The minimum Gasteiger partial charge on any atom is -0.491 e. The number of ether oxygens (including phenoxy) is 2. The first-order valence-electron chi connectivity index (χ1n) is 3.99. The smallest absolute Gasteiger partial charge is 0.120 e. The molecular weight excluding hydrogens is 154 g/mol. The van der Waals surface area contributed by atoms with E-state index in [1.165, 1.54) is 0 Å². The molecule has 3 nitrogen and oxygen atoms in total. The second kappa shape index (κ2) is 3.45. The largest absolute Gasteiger partial charge is 0.491 e. The summed E-state index contributed by atoms with van der Waals surface area (Å²) in [6.45, 7) is 1.50. The molecule has 0 saturated carbocycles. The van der Waals surface area contributed by atoms with Crippen LogP contribution in [0.2, 0.25) is 0 Å². The lowest BCUT2D eigenvalue weighted by Gasteiger charge is -2.02. The molecule has 2 heterocycles. The molecule has 0 aliphatic carbocycles. The van der Waals surface area contributed by atoms with Crippen LogP contribution in [-0.4, -0.2) is 19.3 Å². The SMILES string of the molecule is C1=CNC=CC(OCC2CO2)=C1. The fourth-order valence-corrected chi connectivity index (χ4v) is 0.890. The van der Waals surface area contributed by atoms with E-state index in [1.807, 2.05) is 30.6 Å². The van der Waals surface area contributed by atoms with Crippen molar-refractivity contribution in [2.75, 3.05) is 13.2 Å². The van der Waals surface area contributed by atoms with Gasteiger partial charge in [0.25, 0.3) is 0 Å². The highest BCUT2D eigenvalue weighted by molar-refractivity contribution is 5.21. The van der Waals surface area contributed by atoms with Crippen LogP contribution in [0.4, 0.5) is 0 Å². The van der Waals surface area contributed by atoms with Gasteiger partial charge in [0.05, 0.1) is 6.61 Å². The maximum atomic E-state index is 5.44. The summed E-state index contributed by atoms with van der Waals surface area (Å²) >= 11 is 0. The quantitative estimate of drug-likeness (QED) is 0.631. The molecule has 64 valence electrons. The first-order valence-corrected chi connectivity index (χ1v) is 3.99. The average Bonchev–Trinajstić information content (AvgIpc) is 2.90. The van der Waals surface area contributed by atoms with Crippen LogP contribution >= 0.6 is 0 Å². The summed E-state index contributed by atoms with van der Waals surface area (Å²) in [5, 5.41) is 2.96. The summed E-state index contributed by atoms with van der Waals surface area (Å²) in [6, 6.07) is 0. The van der Waals surface area contributed by atoms with Gasteiger partial charge in [-0.25, -0.2) is 0 Å². The van der Waals surface area contributed by atoms with E-state index in [0.29, 0.717) is 12.7 Å². The van der Waals surface area contributed by atoms with Gasteiger partial charge in [0.15, 0.2) is 0 Å². The Morgan fingerprint density at radius 3 is 3.33 bits per heavy atom. The van der Waals surface area contributed by atoms with Gasteiger partial charge >= 0.3 is 0 Å². The molecule has 3 heteroatoms. The van der Waals surface area contributed by atoms with Crippen LogP contribution in [0.1, 0.15) is 0 Å². The lowest BCUT2D eigenvalue weighted by atomic mass is 10.4. The summed E-state index contributed by atoms with van der Waals surface area (Å²) < 4.78 is 10.5. The van der Waals surface area contributed by atoms with Gasteiger partial charge in [-0.15, -0.1) is 0 Å². The van der Waals surface area contributed by atoms with Crippen LogP contribution in [0.3, 0.4) is 0 Å². The Balaban J connectivity index is 1.83. The number of hydrogen-bond donors (Lipinski definition) is 1. The molecular formula is C9H11NO2. The van der Waals surface area contributed by atoms with Crippen molar-refractivity contribution in [1.29, 1.82) is 0 Å². The molecule has 0 bridgehead atoms. The zero-order chi connectivity index (χ0) is 8.23. The minimum absolute atomic E-state index is 0.319. The summed E-state index contributed by atoms with van der Waals surface area (Å²) in [5.74, 6) is 0.867. The number of epoxide rings is 1. The predicted molar refractivity (Wildman–Crippen MR) is 45.2 cm³/mol. The first kappa shape index (κ1) is 7.43. The molecule has 0 aromatic carbocycles. The van der Waals surface area contributed by atoms with E-state index in [9.17, 15) is 0 Å². The second-order valence-electron chi connectivity index (χ2n) is 2.69. The molecule has 2 rings (SSSR count). The molecule has 0 aromatic rings. The summed E-state index contributed by atoms with van der Waals surface area (Å²) in [5.41, 5.74) is 0. The average molecular weight is 165 g/mol. The van der Waals surface area contributed by atoms with Crippen molar-refractivity contribution < 1.29 is 9.47 Å². The third kappa shape index (κ3) is 2.13. The molecule has 12 heavy (non-hydrogen) atoms. The highest BCUT2D eigenvalue weighted by Crippen LogP contribution is 2.12. The number of allylic oxidation sites excluding steroid dienone is 3. The maximum Gasteiger partial charge on any atom is 0.120 e. The monoisotopic (exact) mass is 165 g/mol. The Kier molecular flexibility index (Phi) is 2.14. The zero-order valence-corrected chi connectivity index (χ0v) is 6.69. The van der Waals surface area contributed by atoms with Crippen molar-refractivity contribution in [3.05, 3.63) is 36.4 Å². The van der Waals surface area contributed by atoms with Crippen LogP contribution < -0.4 is 5.32 Å². The zero-order valence-electron chi connectivity index (χ0n) is 6.69. The van der Waals surface area contributed by atoms with E-state index in [-0.39, 0.29) is 0 Å². The molecule has 1 fully saturated rings. The third-order valence-corrected chi connectivity index (χ3v) is 1.64. The number of rotatable bonds is 3. The molecule has 0 aromatic heterocycles. The van der Waals surface area contributed by atoms with Gasteiger partial charge in [-0.1, -0.05) is 0 Å².